The summed E-state index contributed by atoms with van der Waals surface area (Å²) in [6.07, 6.45) is 3.69. The van der Waals surface area contributed by atoms with Gasteiger partial charge in [-0.1, -0.05) is 29.3 Å². The molecule has 0 bridgehead atoms. The molecule has 118 valence electrons. The van der Waals surface area contributed by atoms with Crippen LogP contribution in [0, 0.1) is 6.92 Å². The number of fused-ring (bicyclic) bond motifs is 1. The fourth-order valence-corrected chi connectivity index (χ4v) is 4.22. The van der Waals surface area contributed by atoms with E-state index in [1.807, 2.05) is 13.0 Å². The Balaban J connectivity index is 1.92. The van der Waals surface area contributed by atoms with Gasteiger partial charge < -0.3 is 0 Å². The molecule has 1 aliphatic carbocycles. The van der Waals surface area contributed by atoms with E-state index in [9.17, 15) is 8.42 Å². The summed E-state index contributed by atoms with van der Waals surface area (Å²) < 4.78 is 27.0. The van der Waals surface area contributed by atoms with Crippen molar-refractivity contribution in [1.29, 1.82) is 0 Å². The predicted molar refractivity (Wildman–Crippen MR) is 90.5 cm³/mol. The van der Waals surface area contributed by atoms with E-state index >= 15 is 0 Å². The molecule has 3 aromatic rings. The van der Waals surface area contributed by atoms with Gasteiger partial charge in [-0.3, -0.25) is 0 Å². The van der Waals surface area contributed by atoms with Crippen molar-refractivity contribution in [3.63, 3.8) is 0 Å². The Kier molecular flexibility index (Phi) is 3.25. The number of aromatic nitrogens is 2. The van der Waals surface area contributed by atoms with E-state index in [2.05, 4.69) is 4.98 Å². The first-order chi connectivity index (χ1) is 11.0. The van der Waals surface area contributed by atoms with Crippen LogP contribution in [0.2, 0.25) is 5.02 Å². The van der Waals surface area contributed by atoms with Crippen LogP contribution in [-0.2, 0) is 10.0 Å². The molecule has 0 atom stereocenters. The molecule has 1 aliphatic rings. The molecule has 4 rings (SSSR count). The Hall–Kier alpha value is -1.85. The lowest BCUT2D eigenvalue weighted by Crippen LogP contribution is -2.12. The highest BCUT2D eigenvalue weighted by Gasteiger charge is 2.27. The maximum Gasteiger partial charge on any atom is 0.269 e. The zero-order chi connectivity index (χ0) is 16.2. The van der Waals surface area contributed by atoms with E-state index in [1.54, 1.807) is 30.3 Å². The smallest absolute Gasteiger partial charge is 0.233 e. The molecule has 1 aromatic carbocycles. The molecule has 1 fully saturated rings. The third-order valence-corrected chi connectivity index (χ3v) is 6.16. The Morgan fingerprint density at radius 1 is 1.17 bits per heavy atom. The van der Waals surface area contributed by atoms with Crippen LogP contribution in [0.1, 0.15) is 30.0 Å². The van der Waals surface area contributed by atoms with E-state index in [4.69, 9.17) is 11.6 Å². The van der Waals surface area contributed by atoms with E-state index in [-0.39, 0.29) is 4.90 Å². The minimum Gasteiger partial charge on any atom is -0.233 e. The van der Waals surface area contributed by atoms with Crippen molar-refractivity contribution in [2.45, 2.75) is 30.6 Å². The summed E-state index contributed by atoms with van der Waals surface area (Å²) in [5.41, 5.74) is 2.29. The summed E-state index contributed by atoms with van der Waals surface area (Å²) >= 11 is 6.32. The summed E-state index contributed by atoms with van der Waals surface area (Å²) in [5.74, 6) is 0.405. The van der Waals surface area contributed by atoms with Gasteiger partial charge in [-0.05, 0) is 44.0 Å². The topological polar surface area (TPSA) is 52.0 Å². The average molecular weight is 347 g/mol. The lowest BCUT2D eigenvalue weighted by molar-refractivity contribution is 0.588. The van der Waals surface area contributed by atoms with Crippen molar-refractivity contribution in [2.24, 2.45) is 0 Å². The van der Waals surface area contributed by atoms with Gasteiger partial charge in [0.05, 0.1) is 9.92 Å². The molecule has 23 heavy (non-hydrogen) atoms. The summed E-state index contributed by atoms with van der Waals surface area (Å²) in [7, 11) is -3.68. The van der Waals surface area contributed by atoms with Crippen molar-refractivity contribution in [1.82, 2.24) is 8.96 Å². The van der Waals surface area contributed by atoms with Crippen LogP contribution in [0.25, 0.3) is 11.0 Å². The predicted octanol–water partition coefficient (Wildman–Crippen LogP) is 4.11. The van der Waals surface area contributed by atoms with Crippen LogP contribution in [0.5, 0.6) is 0 Å². The van der Waals surface area contributed by atoms with Gasteiger partial charge in [0.15, 0.2) is 5.65 Å². The molecule has 4 nitrogen and oxygen atoms in total. The van der Waals surface area contributed by atoms with E-state index < -0.39 is 10.0 Å². The molecule has 0 saturated heterocycles. The molecule has 2 aromatic heterocycles. The van der Waals surface area contributed by atoms with Crippen molar-refractivity contribution >= 4 is 32.7 Å². The normalized spacial score (nSPS) is 15.2. The maximum absolute atomic E-state index is 12.9. The first kappa shape index (κ1) is 14.7. The van der Waals surface area contributed by atoms with Crippen LogP contribution >= 0.6 is 11.6 Å². The number of pyridine rings is 1. The van der Waals surface area contributed by atoms with Crippen LogP contribution in [-0.4, -0.2) is 17.4 Å². The van der Waals surface area contributed by atoms with Gasteiger partial charge in [0, 0.05) is 23.2 Å². The Labute approximate surface area is 139 Å². The van der Waals surface area contributed by atoms with Crippen molar-refractivity contribution in [3.05, 3.63) is 58.9 Å². The molecule has 0 unspecified atom stereocenters. The molecule has 6 heteroatoms. The van der Waals surface area contributed by atoms with Crippen molar-refractivity contribution in [2.75, 3.05) is 0 Å². The van der Waals surface area contributed by atoms with E-state index in [0.29, 0.717) is 22.0 Å². The second-order valence-corrected chi connectivity index (χ2v) is 8.19. The summed E-state index contributed by atoms with van der Waals surface area (Å²) in [6, 6.07) is 10.4. The number of benzene rings is 1. The Bertz CT molecular complexity index is 1000. The van der Waals surface area contributed by atoms with Crippen molar-refractivity contribution < 1.29 is 8.42 Å². The van der Waals surface area contributed by atoms with Crippen molar-refractivity contribution in [3.8, 4) is 0 Å². The highest BCUT2D eigenvalue weighted by atomic mass is 35.5. The first-order valence-corrected chi connectivity index (χ1v) is 9.28. The minimum atomic E-state index is -3.68. The molecule has 1 saturated carbocycles. The second kappa shape index (κ2) is 5.08. The zero-order valence-corrected chi connectivity index (χ0v) is 14.1. The lowest BCUT2D eigenvalue weighted by Gasteiger charge is -2.09. The second-order valence-electron chi connectivity index (χ2n) is 5.97. The van der Waals surface area contributed by atoms with Gasteiger partial charge in [-0.15, -0.1) is 0 Å². The summed E-state index contributed by atoms with van der Waals surface area (Å²) in [4.78, 5) is 4.81. The number of halogens is 1. The van der Waals surface area contributed by atoms with Gasteiger partial charge in [-0.25, -0.2) is 17.4 Å². The van der Waals surface area contributed by atoms with E-state index in [1.165, 1.54) is 10.2 Å². The van der Waals surface area contributed by atoms with Crippen LogP contribution in [0.4, 0.5) is 0 Å². The first-order valence-electron chi connectivity index (χ1n) is 7.46. The van der Waals surface area contributed by atoms with Gasteiger partial charge in [0.25, 0.3) is 10.0 Å². The fourth-order valence-electron chi connectivity index (χ4n) is 2.67. The standard InChI is InChI=1S/C17H15ClN2O2S/c1-11-2-6-13(7-3-11)23(21,22)20-9-8-14-15(18)10-16(12-4-5-12)19-17(14)20/h2-3,6-10,12H,4-5H2,1H3. The molecular weight excluding hydrogens is 332 g/mol. The molecule has 0 N–H and O–H groups in total. The number of rotatable bonds is 3. The molecular formula is C17H15ClN2O2S. The number of nitrogens with zero attached hydrogens (tertiary/aromatic N) is 2. The van der Waals surface area contributed by atoms with Gasteiger partial charge >= 0.3 is 0 Å². The maximum atomic E-state index is 12.9. The summed E-state index contributed by atoms with van der Waals surface area (Å²) in [5, 5.41) is 1.21. The molecule has 0 amide bonds. The Morgan fingerprint density at radius 3 is 2.52 bits per heavy atom. The minimum absolute atomic E-state index is 0.246. The van der Waals surface area contributed by atoms with Gasteiger partial charge in [-0.2, -0.15) is 0 Å². The number of aryl methyl sites for hydroxylation is 1. The Morgan fingerprint density at radius 2 is 1.87 bits per heavy atom. The average Bonchev–Trinajstić information content (AvgIpc) is 3.27. The SMILES string of the molecule is Cc1ccc(S(=O)(=O)n2ccc3c(Cl)cc(C4CC4)nc32)cc1. The highest BCUT2D eigenvalue weighted by molar-refractivity contribution is 7.90. The lowest BCUT2D eigenvalue weighted by atomic mass is 10.2. The molecule has 2 heterocycles. The van der Waals surface area contributed by atoms with Crippen LogP contribution < -0.4 is 0 Å². The molecule has 0 radical (unpaired) electrons. The highest BCUT2D eigenvalue weighted by Crippen LogP contribution is 2.41. The fraction of sp³-hybridized carbons (Fsp3) is 0.235. The third-order valence-electron chi connectivity index (χ3n) is 4.17. The quantitative estimate of drug-likeness (QED) is 0.717. The molecule has 0 aliphatic heterocycles. The third kappa shape index (κ3) is 2.44. The van der Waals surface area contributed by atoms with Crippen LogP contribution in [0.3, 0.4) is 0 Å². The van der Waals surface area contributed by atoms with Crippen LogP contribution in [0.15, 0.2) is 47.5 Å². The monoisotopic (exact) mass is 346 g/mol. The van der Waals surface area contributed by atoms with Gasteiger partial charge in [0.1, 0.15) is 0 Å². The van der Waals surface area contributed by atoms with E-state index in [0.717, 1.165) is 24.1 Å². The number of hydrogen-bond donors (Lipinski definition) is 0. The number of hydrogen-bond acceptors (Lipinski definition) is 3. The summed E-state index contributed by atoms with van der Waals surface area (Å²) in [6.45, 7) is 1.92. The zero-order valence-electron chi connectivity index (χ0n) is 12.5. The van der Waals surface area contributed by atoms with Gasteiger partial charge in [0.2, 0.25) is 0 Å². The molecule has 0 spiro atoms. The largest absolute Gasteiger partial charge is 0.269 e.